The van der Waals surface area contributed by atoms with E-state index in [1.165, 1.54) is 0 Å². The molecule has 5 aromatic rings. The summed E-state index contributed by atoms with van der Waals surface area (Å²) in [5, 5.41) is 9.27. The Balaban J connectivity index is 1.20. The van der Waals surface area contributed by atoms with Crippen molar-refractivity contribution in [1.29, 1.82) is 0 Å². The molecule has 0 aliphatic carbocycles. The predicted molar refractivity (Wildman–Crippen MR) is 129 cm³/mol. The topological polar surface area (TPSA) is 78.5 Å². The SMILES string of the molecule is COc1cccc(Cn2cc(NC(=O)c3ccc(COc4cccc5ccccc45)o3)cn2)c1. The van der Waals surface area contributed by atoms with Crippen LogP contribution < -0.4 is 14.8 Å². The van der Waals surface area contributed by atoms with Crippen molar-refractivity contribution in [2.24, 2.45) is 0 Å². The molecule has 0 aliphatic rings. The van der Waals surface area contributed by atoms with Crippen LogP contribution in [0.25, 0.3) is 10.8 Å². The molecule has 170 valence electrons. The number of methoxy groups -OCH3 is 1. The average molecular weight is 453 g/mol. The molecule has 2 aromatic heterocycles. The summed E-state index contributed by atoms with van der Waals surface area (Å²) in [6, 6.07) is 25.1. The van der Waals surface area contributed by atoms with Crippen molar-refractivity contribution >= 4 is 22.4 Å². The number of aromatic nitrogens is 2. The highest BCUT2D eigenvalue weighted by Crippen LogP contribution is 2.26. The maximum Gasteiger partial charge on any atom is 0.291 e. The van der Waals surface area contributed by atoms with Gasteiger partial charge in [0.05, 0.1) is 25.5 Å². The molecular weight excluding hydrogens is 430 g/mol. The molecule has 34 heavy (non-hydrogen) atoms. The van der Waals surface area contributed by atoms with Gasteiger partial charge in [-0.05, 0) is 41.3 Å². The van der Waals surface area contributed by atoms with Gasteiger partial charge in [0.2, 0.25) is 0 Å². The molecule has 0 unspecified atom stereocenters. The van der Waals surface area contributed by atoms with Gasteiger partial charge in [-0.2, -0.15) is 5.10 Å². The van der Waals surface area contributed by atoms with Gasteiger partial charge < -0.3 is 19.2 Å². The van der Waals surface area contributed by atoms with Crippen molar-refractivity contribution < 1.29 is 18.7 Å². The minimum absolute atomic E-state index is 0.206. The van der Waals surface area contributed by atoms with E-state index in [1.807, 2.05) is 66.7 Å². The zero-order valence-electron chi connectivity index (χ0n) is 18.6. The fourth-order valence-electron chi connectivity index (χ4n) is 3.71. The van der Waals surface area contributed by atoms with Gasteiger partial charge in [0, 0.05) is 11.6 Å². The maximum absolute atomic E-state index is 12.6. The minimum atomic E-state index is -0.350. The highest BCUT2D eigenvalue weighted by atomic mass is 16.5. The summed E-state index contributed by atoms with van der Waals surface area (Å²) in [5.41, 5.74) is 1.63. The number of nitrogens with zero attached hydrogens (tertiary/aromatic N) is 2. The van der Waals surface area contributed by atoms with Crippen LogP contribution in [0.1, 0.15) is 21.9 Å². The van der Waals surface area contributed by atoms with Gasteiger partial charge in [0.25, 0.3) is 5.91 Å². The lowest BCUT2D eigenvalue weighted by atomic mass is 10.1. The zero-order chi connectivity index (χ0) is 23.3. The quantitative estimate of drug-likeness (QED) is 0.335. The summed E-state index contributed by atoms with van der Waals surface area (Å²) in [6.45, 7) is 0.781. The van der Waals surface area contributed by atoms with E-state index in [0.717, 1.165) is 27.8 Å². The number of carbonyl (C=O) groups excluding carboxylic acids is 1. The fourth-order valence-corrected chi connectivity index (χ4v) is 3.71. The molecule has 0 bridgehead atoms. The smallest absolute Gasteiger partial charge is 0.291 e. The first kappa shape index (κ1) is 21.3. The number of fused-ring (bicyclic) bond motifs is 1. The Hall–Kier alpha value is -4.52. The molecule has 2 heterocycles. The Morgan fingerprint density at radius 3 is 2.79 bits per heavy atom. The van der Waals surface area contributed by atoms with E-state index in [1.54, 1.807) is 36.3 Å². The number of rotatable bonds is 8. The Kier molecular flexibility index (Phi) is 5.99. The Bertz CT molecular complexity index is 1430. The van der Waals surface area contributed by atoms with Crippen molar-refractivity contribution in [2.45, 2.75) is 13.2 Å². The molecule has 7 nitrogen and oxygen atoms in total. The average Bonchev–Trinajstić information content (AvgIpc) is 3.52. The number of nitrogens with one attached hydrogen (secondary N) is 1. The van der Waals surface area contributed by atoms with Crippen molar-refractivity contribution in [3.8, 4) is 11.5 Å². The largest absolute Gasteiger partial charge is 0.497 e. The van der Waals surface area contributed by atoms with Crippen molar-refractivity contribution in [3.63, 3.8) is 0 Å². The van der Waals surface area contributed by atoms with Gasteiger partial charge in [0.15, 0.2) is 5.76 Å². The lowest BCUT2D eigenvalue weighted by Crippen LogP contribution is -2.10. The van der Waals surface area contributed by atoms with Gasteiger partial charge in [-0.25, -0.2) is 0 Å². The molecular formula is C27H23N3O4. The maximum atomic E-state index is 12.6. The first-order valence-corrected chi connectivity index (χ1v) is 10.8. The monoisotopic (exact) mass is 453 g/mol. The lowest BCUT2D eigenvalue weighted by molar-refractivity contribution is 0.0992. The standard InChI is InChI=1S/C27H23N3O4/c1-32-22-9-4-6-19(14-22)16-30-17-21(15-28-30)29-27(31)26-13-12-23(34-26)18-33-25-11-5-8-20-7-2-3-10-24(20)25/h2-15,17H,16,18H2,1H3,(H,29,31). The summed E-state index contributed by atoms with van der Waals surface area (Å²) in [4.78, 5) is 12.6. The van der Waals surface area contributed by atoms with Crippen molar-refractivity contribution in [3.05, 3.63) is 108 Å². The van der Waals surface area contributed by atoms with Crippen LogP contribution in [0.2, 0.25) is 0 Å². The summed E-state index contributed by atoms with van der Waals surface area (Å²) in [5.74, 6) is 1.97. The van der Waals surface area contributed by atoms with E-state index < -0.39 is 0 Å². The normalized spacial score (nSPS) is 10.9. The summed E-state index contributed by atoms with van der Waals surface area (Å²) < 4.78 is 18.6. The highest BCUT2D eigenvalue weighted by Gasteiger charge is 2.13. The molecule has 1 N–H and O–H groups in total. The van der Waals surface area contributed by atoms with E-state index in [4.69, 9.17) is 13.9 Å². The number of benzene rings is 3. The Morgan fingerprint density at radius 2 is 1.88 bits per heavy atom. The summed E-state index contributed by atoms with van der Waals surface area (Å²) in [6.07, 6.45) is 3.37. The third kappa shape index (κ3) is 4.78. The number of amides is 1. The first-order chi connectivity index (χ1) is 16.7. The third-order valence-corrected chi connectivity index (χ3v) is 5.37. The second-order valence-electron chi connectivity index (χ2n) is 7.76. The van der Waals surface area contributed by atoms with E-state index in [2.05, 4.69) is 10.4 Å². The third-order valence-electron chi connectivity index (χ3n) is 5.37. The molecule has 5 rings (SSSR count). The van der Waals surface area contributed by atoms with Crippen LogP contribution in [0.3, 0.4) is 0 Å². The van der Waals surface area contributed by atoms with Gasteiger partial charge in [-0.1, -0.05) is 48.5 Å². The van der Waals surface area contributed by atoms with Crippen LogP contribution >= 0.6 is 0 Å². The molecule has 3 aromatic carbocycles. The van der Waals surface area contributed by atoms with E-state index in [9.17, 15) is 4.79 Å². The number of hydrogen-bond donors (Lipinski definition) is 1. The number of ether oxygens (including phenoxy) is 2. The van der Waals surface area contributed by atoms with Crippen LogP contribution in [0.5, 0.6) is 11.5 Å². The minimum Gasteiger partial charge on any atom is -0.497 e. The van der Waals surface area contributed by atoms with Gasteiger partial charge in [0.1, 0.15) is 23.9 Å². The zero-order valence-corrected chi connectivity index (χ0v) is 18.6. The molecule has 0 radical (unpaired) electrons. The summed E-state index contributed by atoms with van der Waals surface area (Å²) >= 11 is 0. The molecule has 7 heteroatoms. The predicted octanol–water partition coefficient (Wildman–Crippen LogP) is 5.52. The van der Waals surface area contributed by atoms with E-state index in [-0.39, 0.29) is 18.3 Å². The number of hydrogen-bond acceptors (Lipinski definition) is 5. The van der Waals surface area contributed by atoms with Crippen LogP contribution in [0.4, 0.5) is 5.69 Å². The number of carbonyl (C=O) groups is 1. The lowest BCUT2D eigenvalue weighted by Gasteiger charge is -2.08. The second kappa shape index (κ2) is 9.54. The Labute approximate surface area is 196 Å². The number of furan rings is 1. The molecule has 1 amide bonds. The van der Waals surface area contributed by atoms with Crippen LogP contribution in [-0.2, 0) is 13.2 Å². The van der Waals surface area contributed by atoms with Crippen LogP contribution in [-0.4, -0.2) is 22.8 Å². The molecule has 0 spiro atoms. The van der Waals surface area contributed by atoms with Crippen molar-refractivity contribution in [2.75, 3.05) is 12.4 Å². The van der Waals surface area contributed by atoms with Gasteiger partial charge in [-0.3, -0.25) is 9.48 Å². The highest BCUT2D eigenvalue weighted by molar-refractivity contribution is 6.02. The molecule has 0 aliphatic heterocycles. The van der Waals surface area contributed by atoms with Crippen LogP contribution in [0, 0.1) is 0 Å². The van der Waals surface area contributed by atoms with E-state index >= 15 is 0 Å². The summed E-state index contributed by atoms with van der Waals surface area (Å²) in [7, 11) is 1.64. The molecule has 0 fully saturated rings. The van der Waals surface area contributed by atoms with E-state index in [0.29, 0.717) is 18.0 Å². The van der Waals surface area contributed by atoms with Gasteiger partial charge >= 0.3 is 0 Å². The van der Waals surface area contributed by atoms with Crippen LogP contribution in [0.15, 0.2) is 95.7 Å². The number of anilines is 1. The Morgan fingerprint density at radius 1 is 1.03 bits per heavy atom. The second-order valence-corrected chi connectivity index (χ2v) is 7.76. The first-order valence-electron chi connectivity index (χ1n) is 10.8. The fraction of sp³-hybridized carbons (Fsp3) is 0.111. The molecule has 0 saturated heterocycles. The molecule has 0 atom stereocenters. The van der Waals surface area contributed by atoms with Crippen molar-refractivity contribution in [1.82, 2.24) is 9.78 Å². The molecule has 0 saturated carbocycles. The van der Waals surface area contributed by atoms with Gasteiger partial charge in [-0.15, -0.1) is 0 Å².